The normalized spacial score (nSPS) is 16.3. The number of hydrogen-bond donors (Lipinski definition) is 1. The van der Waals surface area contributed by atoms with Crippen molar-refractivity contribution in [3.8, 4) is 5.75 Å². The fraction of sp³-hybridized carbons (Fsp3) is 0.500. The predicted octanol–water partition coefficient (Wildman–Crippen LogP) is 3.53. The topological polar surface area (TPSA) is 21.3 Å². The van der Waals surface area contributed by atoms with E-state index in [0.717, 1.165) is 18.2 Å². The van der Waals surface area contributed by atoms with Crippen molar-refractivity contribution in [1.29, 1.82) is 0 Å². The summed E-state index contributed by atoms with van der Waals surface area (Å²) in [6.07, 6.45) is 5.94. The van der Waals surface area contributed by atoms with E-state index in [1.54, 1.807) is 6.08 Å². The van der Waals surface area contributed by atoms with Gasteiger partial charge in [0.2, 0.25) is 0 Å². The summed E-state index contributed by atoms with van der Waals surface area (Å²) in [7, 11) is 0. The lowest BCUT2D eigenvalue weighted by Crippen LogP contribution is -2.25. The third kappa shape index (κ3) is 4.53. The van der Waals surface area contributed by atoms with E-state index in [4.69, 9.17) is 4.74 Å². The first kappa shape index (κ1) is 13.2. The highest BCUT2D eigenvalue weighted by Crippen LogP contribution is 2.33. The molecule has 0 saturated heterocycles. The van der Waals surface area contributed by atoms with E-state index in [9.17, 15) is 0 Å². The smallest absolute Gasteiger partial charge is 0.119 e. The zero-order valence-electron chi connectivity index (χ0n) is 11.2. The lowest BCUT2D eigenvalue weighted by Gasteiger charge is -2.13. The van der Waals surface area contributed by atoms with Gasteiger partial charge in [-0.25, -0.2) is 0 Å². The van der Waals surface area contributed by atoms with Gasteiger partial charge in [0.1, 0.15) is 12.4 Å². The molecule has 1 aromatic carbocycles. The zero-order chi connectivity index (χ0) is 12.8. The van der Waals surface area contributed by atoms with Crippen LogP contribution in [0.2, 0.25) is 0 Å². The number of ether oxygens (including phenoxy) is 1. The van der Waals surface area contributed by atoms with E-state index >= 15 is 0 Å². The van der Waals surface area contributed by atoms with Crippen molar-refractivity contribution in [2.75, 3.05) is 6.61 Å². The minimum atomic E-state index is 0.565. The average molecular weight is 245 g/mol. The molecule has 1 aliphatic rings. The van der Waals surface area contributed by atoms with Gasteiger partial charge < -0.3 is 10.1 Å². The summed E-state index contributed by atoms with van der Waals surface area (Å²) >= 11 is 0. The summed E-state index contributed by atoms with van der Waals surface area (Å²) in [6, 6.07) is 8.90. The van der Waals surface area contributed by atoms with Gasteiger partial charge >= 0.3 is 0 Å². The lowest BCUT2D eigenvalue weighted by atomic mass is 10.1. The molecule has 0 aliphatic heterocycles. The monoisotopic (exact) mass is 245 g/mol. The lowest BCUT2D eigenvalue weighted by molar-refractivity contribution is 0.363. The highest BCUT2D eigenvalue weighted by molar-refractivity contribution is 5.27. The third-order valence-corrected chi connectivity index (χ3v) is 3.33. The molecule has 1 aromatic rings. The van der Waals surface area contributed by atoms with E-state index in [2.05, 4.69) is 31.0 Å². The molecule has 1 N–H and O–H groups in total. The Morgan fingerprint density at radius 2 is 2.11 bits per heavy atom. The van der Waals surface area contributed by atoms with Crippen LogP contribution in [0.25, 0.3) is 0 Å². The van der Waals surface area contributed by atoms with Crippen molar-refractivity contribution in [3.63, 3.8) is 0 Å². The molecule has 1 saturated carbocycles. The van der Waals surface area contributed by atoms with Gasteiger partial charge in [-0.1, -0.05) is 37.6 Å². The maximum absolute atomic E-state index is 5.46. The molecule has 2 nitrogen and oxygen atoms in total. The molecule has 2 heteroatoms. The maximum atomic E-state index is 5.46. The molecule has 1 fully saturated rings. The van der Waals surface area contributed by atoms with E-state index in [1.165, 1.54) is 24.8 Å². The van der Waals surface area contributed by atoms with Crippen molar-refractivity contribution in [2.45, 2.75) is 38.8 Å². The second-order valence-corrected chi connectivity index (χ2v) is 5.20. The minimum Gasteiger partial charge on any atom is -0.490 e. The van der Waals surface area contributed by atoms with Crippen LogP contribution in [0, 0.1) is 5.92 Å². The Morgan fingerprint density at radius 1 is 1.39 bits per heavy atom. The van der Waals surface area contributed by atoms with Gasteiger partial charge in [-0.05, 0) is 37.0 Å². The van der Waals surface area contributed by atoms with E-state index in [1.807, 2.05) is 12.1 Å². The Bertz CT molecular complexity index is 367. The quantitative estimate of drug-likeness (QED) is 0.707. The largest absolute Gasteiger partial charge is 0.490 e. The molecule has 1 atom stereocenters. The second kappa shape index (κ2) is 6.60. The fourth-order valence-electron chi connectivity index (χ4n) is 2.09. The van der Waals surface area contributed by atoms with Gasteiger partial charge in [-0.3, -0.25) is 0 Å². The van der Waals surface area contributed by atoms with E-state index in [0.29, 0.717) is 12.6 Å². The van der Waals surface area contributed by atoms with Crippen LogP contribution in [0.4, 0.5) is 0 Å². The summed E-state index contributed by atoms with van der Waals surface area (Å²) in [6.45, 7) is 7.42. The van der Waals surface area contributed by atoms with Gasteiger partial charge in [0.05, 0.1) is 0 Å². The molecule has 0 aromatic heterocycles. The zero-order valence-corrected chi connectivity index (χ0v) is 11.2. The Balaban J connectivity index is 1.72. The van der Waals surface area contributed by atoms with Crippen LogP contribution in [-0.4, -0.2) is 12.6 Å². The van der Waals surface area contributed by atoms with Crippen molar-refractivity contribution in [2.24, 2.45) is 5.92 Å². The molecule has 0 radical (unpaired) electrons. The second-order valence-electron chi connectivity index (χ2n) is 5.20. The fourth-order valence-corrected chi connectivity index (χ4v) is 2.09. The molecular weight excluding hydrogens is 222 g/mol. The standard InChI is InChI=1S/C16H23NO/c1-3-10-18-16-8-6-15(7-9-16)12-17-13(2)11-14-4-5-14/h3,6-9,13-14,17H,1,4-5,10-12H2,2H3. The third-order valence-electron chi connectivity index (χ3n) is 3.33. The van der Waals surface area contributed by atoms with Crippen LogP contribution in [0.3, 0.4) is 0 Å². The SMILES string of the molecule is C=CCOc1ccc(CNC(C)CC2CC2)cc1. The summed E-state index contributed by atoms with van der Waals surface area (Å²) in [5.41, 5.74) is 1.31. The Hall–Kier alpha value is -1.28. The van der Waals surface area contributed by atoms with E-state index in [-0.39, 0.29) is 0 Å². The summed E-state index contributed by atoms with van der Waals surface area (Å²) < 4.78 is 5.46. The number of hydrogen-bond acceptors (Lipinski definition) is 2. The van der Waals surface area contributed by atoms with Crippen LogP contribution in [0.15, 0.2) is 36.9 Å². The molecule has 0 amide bonds. The average Bonchev–Trinajstić information content (AvgIpc) is 3.19. The molecule has 0 spiro atoms. The Kier molecular flexibility index (Phi) is 4.82. The van der Waals surface area contributed by atoms with Gasteiger partial charge in [0, 0.05) is 12.6 Å². The van der Waals surface area contributed by atoms with Crippen LogP contribution in [-0.2, 0) is 6.54 Å². The number of rotatable bonds is 8. The van der Waals surface area contributed by atoms with Crippen LogP contribution in [0.5, 0.6) is 5.75 Å². The summed E-state index contributed by atoms with van der Waals surface area (Å²) in [5.74, 6) is 1.90. The highest BCUT2D eigenvalue weighted by atomic mass is 16.5. The van der Waals surface area contributed by atoms with Crippen molar-refractivity contribution >= 4 is 0 Å². The van der Waals surface area contributed by atoms with Crippen molar-refractivity contribution < 1.29 is 4.74 Å². The molecule has 0 bridgehead atoms. The van der Waals surface area contributed by atoms with Crippen LogP contribution >= 0.6 is 0 Å². The first-order valence-corrected chi connectivity index (χ1v) is 6.84. The van der Waals surface area contributed by atoms with Gasteiger partial charge in [0.15, 0.2) is 0 Å². The highest BCUT2D eigenvalue weighted by Gasteiger charge is 2.23. The Labute approximate surface area is 110 Å². The molecule has 1 aliphatic carbocycles. The number of benzene rings is 1. The predicted molar refractivity (Wildman–Crippen MR) is 75.8 cm³/mol. The summed E-state index contributed by atoms with van der Waals surface area (Å²) in [5, 5.41) is 3.58. The summed E-state index contributed by atoms with van der Waals surface area (Å²) in [4.78, 5) is 0. The minimum absolute atomic E-state index is 0.565. The molecular formula is C16H23NO. The van der Waals surface area contributed by atoms with Gasteiger partial charge in [0.25, 0.3) is 0 Å². The van der Waals surface area contributed by atoms with E-state index < -0.39 is 0 Å². The van der Waals surface area contributed by atoms with Gasteiger partial charge in [-0.15, -0.1) is 0 Å². The molecule has 18 heavy (non-hydrogen) atoms. The molecule has 1 unspecified atom stereocenters. The van der Waals surface area contributed by atoms with Crippen molar-refractivity contribution in [3.05, 3.63) is 42.5 Å². The van der Waals surface area contributed by atoms with Crippen LogP contribution < -0.4 is 10.1 Å². The number of nitrogens with one attached hydrogen (secondary N) is 1. The van der Waals surface area contributed by atoms with Gasteiger partial charge in [-0.2, -0.15) is 0 Å². The first-order valence-electron chi connectivity index (χ1n) is 6.84. The Morgan fingerprint density at radius 3 is 2.72 bits per heavy atom. The van der Waals surface area contributed by atoms with Crippen LogP contribution in [0.1, 0.15) is 31.7 Å². The molecule has 0 heterocycles. The first-order chi connectivity index (χ1) is 8.78. The molecule has 2 rings (SSSR count). The molecule has 98 valence electrons. The maximum Gasteiger partial charge on any atom is 0.119 e. The van der Waals surface area contributed by atoms with Crippen molar-refractivity contribution in [1.82, 2.24) is 5.32 Å².